The molecule has 1 aliphatic heterocycles. The van der Waals surface area contributed by atoms with Crippen molar-refractivity contribution in [3.63, 3.8) is 0 Å². The average Bonchev–Trinajstić information content (AvgIpc) is 2.73. The Morgan fingerprint density at radius 1 is 1.17 bits per heavy atom. The minimum atomic E-state index is -0.433. The second-order valence-electron chi connectivity index (χ2n) is 7.03. The largest absolute Gasteiger partial charge is 0.369 e. The zero-order valence-corrected chi connectivity index (χ0v) is 16.8. The number of nitro groups is 1. The number of aromatic nitrogens is 1. The van der Waals surface area contributed by atoms with Crippen molar-refractivity contribution in [2.24, 2.45) is 0 Å². The smallest absolute Gasteiger partial charge is 0.311 e. The number of likely N-dealkylation sites (N-methyl/N-ethyl adjacent to an activating group) is 1. The van der Waals surface area contributed by atoms with Gasteiger partial charge in [0.15, 0.2) is 0 Å². The van der Waals surface area contributed by atoms with Gasteiger partial charge in [0.25, 0.3) is 0 Å². The summed E-state index contributed by atoms with van der Waals surface area (Å²) in [6, 6.07) is 10.6. The number of alkyl halides is 1. The van der Waals surface area contributed by atoms with Crippen LogP contribution in [0.15, 0.2) is 36.4 Å². The third kappa shape index (κ3) is 5.11. The van der Waals surface area contributed by atoms with Crippen LogP contribution < -0.4 is 15.1 Å². The summed E-state index contributed by atoms with van der Waals surface area (Å²) in [7, 11) is 2.07. The summed E-state index contributed by atoms with van der Waals surface area (Å²) in [5, 5.41) is 14.5. The van der Waals surface area contributed by atoms with Crippen LogP contribution in [0.25, 0.3) is 0 Å². The minimum absolute atomic E-state index is 0.0698. The highest BCUT2D eigenvalue weighted by molar-refractivity contribution is 5.69. The molecule has 3 rings (SSSR count). The molecular formula is C20H27FN6O2. The Kier molecular flexibility index (Phi) is 6.82. The molecule has 0 atom stereocenters. The van der Waals surface area contributed by atoms with E-state index in [1.54, 1.807) is 6.07 Å². The summed E-state index contributed by atoms with van der Waals surface area (Å²) < 4.78 is 12.7. The molecule has 1 aromatic heterocycles. The number of benzene rings is 1. The van der Waals surface area contributed by atoms with Crippen LogP contribution in [-0.4, -0.2) is 67.8 Å². The first kappa shape index (κ1) is 20.8. The van der Waals surface area contributed by atoms with E-state index in [0.29, 0.717) is 18.8 Å². The number of nitrogens with one attached hydrogen (secondary N) is 1. The standard InChI is InChI=1S/C20H27FN6O2/c1-3-25(11-10-21)17-6-4-16(5-7-17)22-20-18(27(28)29)8-9-19(23-20)26-14-12-24(2)13-15-26/h4-9H,3,10-15H2,1-2H3,(H,22,23). The Balaban J connectivity index is 1.81. The second kappa shape index (κ2) is 9.51. The van der Waals surface area contributed by atoms with Gasteiger partial charge in [-0.05, 0) is 44.3 Å². The number of nitrogens with zero attached hydrogens (tertiary/aromatic N) is 5. The quantitative estimate of drug-likeness (QED) is 0.536. The van der Waals surface area contributed by atoms with Gasteiger partial charge >= 0.3 is 5.69 Å². The lowest BCUT2D eigenvalue weighted by atomic mass is 10.2. The molecule has 9 heteroatoms. The van der Waals surface area contributed by atoms with Crippen molar-refractivity contribution < 1.29 is 9.31 Å². The van der Waals surface area contributed by atoms with Crippen LogP contribution in [0.1, 0.15) is 6.92 Å². The number of rotatable bonds is 8. The molecule has 0 radical (unpaired) electrons. The maximum atomic E-state index is 12.7. The summed E-state index contributed by atoms with van der Waals surface area (Å²) in [6.07, 6.45) is 0. The van der Waals surface area contributed by atoms with Gasteiger partial charge in [-0.25, -0.2) is 9.37 Å². The molecule has 0 spiro atoms. The van der Waals surface area contributed by atoms with Gasteiger partial charge in [0.1, 0.15) is 12.5 Å². The van der Waals surface area contributed by atoms with Crippen LogP contribution in [0.2, 0.25) is 0 Å². The number of anilines is 4. The van der Waals surface area contributed by atoms with Gasteiger partial charge in [-0.2, -0.15) is 0 Å². The monoisotopic (exact) mass is 402 g/mol. The molecule has 1 fully saturated rings. The summed E-state index contributed by atoms with van der Waals surface area (Å²) in [5.41, 5.74) is 1.53. The highest BCUT2D eigenvalue weighted by Gasteiger charge is 2.21. The molecule has 0 bridgehead atoms. The molecule has 1 aromatic carbocycles. The third-order valence-corrected chi connectivity index (χ3v) is 5.11. The lowest BCUT2D eigenvalue weighted by Gasteiger charge is -2.33. The predicted molar refractivity (Wildman–Crippen MR) is 114 cm³/mol. The van der Waals surface area contributed by atoms with Crippen LogP contribution in [-0.2, 0) is 0 Å². The number of halogens is 1. The predicted octanol–water partition coefficient (Wildman–Crippen LogP) is 3.28. The molecule has 1 N–H and O–H groups in total. The van der Waals surface area contributed by atoms with Gasteiger partial charge in [-0.15, -0.1) is 0 Å². The lowest BCUT2D eigenvalue weighted by molar-refractivity contribution is -0.384. The molecular weight excluding hydrogens is 375 g/mol. The Morgan fingerprint density at radius 3 is 2.45 bits per heavy atom. The topological polar surface area (TPSA) is 77.8 Å². The Labute approximate surface area is 170 Å². The second-order valence-corrected chi connectivity index (χ2v) is 7.03. The van der Waals surface area contributed by atoms with Crippen LogP contribution in [0.5, 0.6) is 0 Å². The molecule has 0 aliphatic carbocycles. The maximum absolute atomic E-state index is 12.7. The van der Waals surface area contributed by atoms with E-state index in [9.17, 15) is 14.5 Å². The molecule has 1 saturated heterocycles. The van der Waals surface area contributed by atoms with Gasteiger partial charge in [0.05, 0.1) is 4.92 Å². The summed E-state index contributed by atoms with van der Waals surface area (Å²) in [4.78, 5) is 21.9. The normalized spacial score (nSPS) is 14.7. The van der Waals surface area contributed by atoms with Gasteiger partial charge in [-0.1, -0.05) is 0 Å². The molecule has 0 saturated carbocycles. The van der Waals surface area contributed by atoms with Crippen LogP contribution in [0.4, 0.5) is 33.1 Å². The van der Waals surface area contributed by atoms with Crippen molar-refractivity contribution in [1.82, 2.24) is 9.88 Å². The van der Waals surface area contributed by atoms with E-state index >= 15 is 0 Å². The van der Waals surface area contributed by atoms with Gasteiger partial charge in [-0.3, -0.25) is 10.1 Å². The van der Waals surface area contributed by atoms with Gasteiger partial charge in [0.2, 0.25) is 5.82 Å². The number of hydrogen-bond donors (Lipinski definition) is 1. The van der Waals surface area contributed by atoms with Crippen molar-refractivity contribution in [3.05, 3.63) is 46.5 Å². The average molecular weight is 402 g/mol. The van der Waals surface area contributed by atoms with E-state index in [1.807, 2.05) is 36.1 Å². The Morgan fingerprint density at radius 2 is 1.86 bits per heavy atom. The van der Waals surface area contributed by atoms with E-state index in [2.05, 4.69) is 27.1 Å². The molecule has 2 heterocycles. The Hall–Kier alpha value is -2.94. The summed E-state index contributed by atoms with van der Waals surface area (Å²) in [6.45, 7) is 6.11. The van der Waals surface area contributed by atoms with Gasteiger partial charge < -0.3 is 20.0 Å². The highest BCUT2D eigenvalue weighted by Crippen LogP contribution is 2.29. The fourth-order valence-corrected chi connectivity index (χ4v) is 3.36. The van der Waals surface area contributed by atoms with E-state index in [1.165, 1.54) is 6.07 Å². The number of hydrogen-bond acceptors (Lipinski definition) is 7. The van der Waals surface area contributed by atoms with E-state index in [-0.39, 0.29) is 11.5 Å². The first-order chi connectivity index (χ1) is 14.0. The van der Waals surface area contributed by atoms with Gasteiger partial charge in [0, 0.05) is 56.7 Å². The summed E-state index contributed by atoms with van der Waals surface area (Å²) >= 11 is 0. The molecule has 0 unspecified atom stereocenters. The molecule has 0 amide bonds. The zero-order valence-electron chi connectivity index (χ0n) is 16.8. The molecule has 8 nitrogen and oxygen atoms in total. The van der Waals surface area contributed by atoms with Crippen molar-refractivity contribution >= 4 is 28.7 Å². The third-order valence-electron chi connectivity index (χ3n) is 5.11. The first-order valence-corrected chi connectivity index (χ1v) is 9.78. The van der Waals surface area contributed by atoms with Crippen LogP contribution >= 0.6 is 0 Å². The van der Waals surface area contributed by atoms with E-state index in [4.69, 9.17) is 0 Å². The highest BCUT2D eigenvalue weighted by atomic mass is 19.1. The van der Waals surface area contributed by atoms with E-state index < -0.39 is 11.6 Å². The van der Waals surface area contributed by atoms with E-state index in [0.717, 1.165) is 37.7 Å². The van der Waals surface area contributed by atoms with Crippen LogP contribution in [0, 0.1) is 10.1 Å². The summed E-state index contributed by atoms with van der Waals surface area (Å²) in [5.74, 6) is 0.943. The first-order valence-electron chi connectivity index (χ1n) is 9.78. The SMILES string of the molecule is CCN(CCF)c1ccc(Nc2nc(N3CCN(C)CC3)ccc2[N+](=O)[O-])cc1. The fraction of sp³-hybridized carbons (Fsp3) is 0.450. The van der Waals surface area contributed by atoms with Crippen LogP contribution in [0.3, 0.4) is 0 Å². The van der Waals surface area contributed by atoms with Crippen molar-refractivity contribution in [2.45, 2.75) is 6.92 Å². The van der Waals surface area contributed by atoms with Crippen molar-refractivity contribution in [3.8, 4) is 0 Å². The molecule has 2 aromatic rings. The Bertz CT molecular complexity index is 824. The number of piperazine rings is 1. The molecule has 1 aliphatic rings. The lowest BCUT2D eigenvalue weighted by Crippen LogP contribution is -2.44. The van der Waals surface area contributed by atoms with Crippen molar-refractivity contribution in [2.75, 3.05) is 68.1 Å². The molecule has 29 heavy (non-hydrogen) atoms. The van der Waals surface area contributed by atoms with Crippen molar-refractivity contribution in [1.29, 1.82) is 0 Å². The zero-order chi connectivity index (χ0) is 20.8. The molecule has 156 valence electrons. The minimum Gasteiger partial charge on any atom is -0.369 e. The maximum Gasteiger partial charge on any atom is 0.311 e. The fourth-order valence-electron chi connectivity index (χ4n) is 3.36. The number of pyridine rings is 1.